The van der Waals surface area contributed by atoms with E-state index >= 15 is 0 Å². The van der Waals surface area contributed by atoms with E-state index in [1.165, 1.54) is 0 Å². The molecular formula is C7H4INO2. The lowest BCUT2D eigenvalue weighted by Gasteiger charge is -1.86. The summed E-state index contributed by atoms with van der Waals surface area (Å²) in [6.45, 7) is 0. The van der Waals surface area contributed by atoms with Crippen LogP contribution in [0.2, 0.25) is 0 Å². The van der Waals surface area contributed by atoms with E-state index in [4.69, 9.17) is 0 Å². The maximum Gasteiger partial charge on any atom is 0.365 e. The molecule has 0 atom stereocenters. The van der Waals surface area contributed by atoms with Crippen LogP contribution in [0.1, 0.15) is 0 Å². The average molecular weight is 261 g/mol. The largest absolute Gasteiger partial charge is 0.365 e. The zero-order chi connectivity index (χ0) is 7.84. The summed E-state index contributed by atoms with van der Waals surface area (Å²) in [5, 5.41) is 3.14. The molecule has 0 unspecified atom stereocenters. The summed E-state index contributed by atoms with van der Waals surface area (Å²) >= 11 is 2.17. The standard InChI is InChI=1S/C7H4INO2/c8-4-1-2-5-6(3-4)9-11-7(5)10/h1-3,9H. The van der Waals surface area contributed by atoms with E-state index in [2.05, 4.69) is 32.3 Å². The van der Waals surface area contributed by atoms with Crippen LogP contribution in [-0.4, -0.2) is 5.16 Å². The van der Waals surface area contributed by atoms with E-state index in [1.807, 2.05) is 12.1 Å². The van der Waals surface area contributed by atoms with Gasteiger partial charge >= 0.3 is 5.63 Å². The van der Waals surface area contributed by atoms with E-state index in [-0.39, 0.29) is 5.63 Å². The monoisotopic (exact) mass is 261 g/mol. The smallest absolute Gasteiger partial charge is 0.338 e. The average Bonchev–Trinajstić information content (AvgIpc) is 2.32. The van der Waals surface area contributed by atoms with Gasteiger partial charge in [-0.2, -0.15) is 0 Å². The normalized spacial score (nSPS) is 10.6. The van der Waals surface area contributed by atoms with Crippen LogP contribution in [0.5, 0.6) is 0 Å². The van der Waals surface area contributed by atoms with Gasteiger partial charge < -0.3 is 4.52 Å². The number of hydrogen-bond acceptors (Lipinski definition) is 2. The van der Waals surface area contributed by atoms with Crippen molar-refractivity contribution in [3.8, 4) is 0 Å². The molecule has 1 aromatic carbocycles. The van der Waals surface area contributed by atoms with E-state index in [1.54, 1.807) is 6.07 Å². The maximum absolute atomic E-state index is 10.9. The second-order valence-corrected chi connectivity index (χ2v) is 3.43. The second kappa shape index (κ2) is 2.37. The van der Waals surface area contributed by atoms with Gasteiger partial charge in [-0.15, -0.1) is 0 Å². The molecule has 0 aliphatic heterocycles. The number of aromatic amines is 1. The lowest BCUT2D eigenvalue weighted by atomic mass is 10.3. The number of halogens is 1. The van der Waals surface area contributed by atoms with Gasteiger partial charge in [0, 0.05) is 3.57 Å². The van der Waals surface area contributed by atoms with Gasteiger partial charge in [0.2, 0.25) is 0 Å². The minimum Gasteiger partial charge on any atom is -0.338 e. The molecule has 2 rings (SSSR count). The highest BCUT2D eigenvalue weighted by Gasteiger charge is 2.00. The number of hydrogen-bond donors (Lipinski definition) is 1. The van der Waals surface area contributed by atoms with Crippen molar-refractivity contribution >= 4 is 33.5 Å². The molecule has 1 N–H and O–H groups in total. The zero-order valence-electron chi connectivity index (χ0n) is 5.43. The highest BCUT2D eigenvalue weighted by Crippen LogP contribution is 2.11. The van der Waals surface area contributed by atoms with Crippen LogP contribution < -0.4 is 5.63 Å². The third kappa shape index (κ3) is 1.07. The Hall–Kier alpha value is -0.780. The van der Waals surface area contributed by atoms with Crippen molar-refractivity contribution < 1.29 is 4.52 Å². The molecule has 4 heteroatoms. The first-order chi connectivity index (χ1) is 5.27. The Morgan fingerprint density at radius 1 is 1.45 bits per heavy atom. The van der Waals surface area contributed by atoms with Gasteiger partial charge in [-0.05, 0) is 40.8 Å². The zero-order valence-corrected chi connectivity index (χ0v) is 7.58. The number of benzene rings is 1. The molecule has 0 saturated heterocycles. The van der Waals surface area contributed by atoms with E-state index in [0.717, 1.165) is 9.09 Å². The van der Waals surface area contributed by atoms with Crippen LogP contribution in [0.15, 0.2) is 27.5 Å². The van der Waals surface area contributed by atoms with E-state index in [9.17, 15) is 4.79 Å². The molecule has 0 radical (unpaired) electrons. The Balaban J connectivity index is 2.97. The van der Waals surface area contributed by atoms with Crippen LogP contribution in [0, 0.1) is 3.57 Å². The fourth-order valence-corrected chi connectivity index (χ4v) is 1.43. The Kier molecular flexibility index (Phi) is 1.49. The third-order valence-corrected chi connectivity index (χ3v) is 2.13. The van der Waals surface area contributed by atoms with Crippen LogP contribution in [-0.2, 0) is 0 Å². The van der Waals surface area contributed by atoms with Crippen molar-refractivity contribution in [2.75, 3.05) is 0 Å². The molecule has 0 aliphatic rings. The highest BCUT2D eigenvalue weighted by atomic mass is 127. The molecule has 0 bridgehead atoms. The molecule has 0 fully saturated rings. The first-order valence-electron chi connectivity index (χ1n) is 3.04. The first-order valence-corrected chi connectivity index (χ1v) is 4.12. The SMILES string of the molecule is O=c1o[nH]c2cc(I)ccc12. The summed E-state index contributed by atoms with van der Waals surface area (Å²) in [6.07, 6.45) is 0. The fraction of sp³-hybridized carbons (Fsp3) is 0. The Morgan fingerprint density at radius 3 is 3.09 bits per heavy atom. The number of H-pyrrole nitrogens is 1. The molecule has 56 valence electrons. The number of nitrogens with one attached hydrogen (secondary N) is 1. The lowest BCUT2D eigenvalue weighted by molar-refractivity contribution is 0.400. The van der Waals surface area contributed by atoms with Crippen molar-refractivity contribution in [2.24, 2.45) is 0 Å². The first kappa shape index (κ1) is 6.90. The molecule has 0 amide bonds. The van der Waals surface area contributed by atoms with E-state index < -0.39 is 0 Å². The van der Waals surface area contributed by atoms with Crippen LogP contribution in [0.4, 0.5) is 0 Å². The Morgan fingerprint density at radius 2 is 2.27 bits per heavy atom. The predicted octanol–water partition coefficient (Wildman–Crippen LogP) is 1.73. The van der Waals surface area contributed by atoms with Crippen molar-refractivity contribution in [2.45, 2.75) is 0 Å². The maximum atomic E-state index is 10.9. The third-order valence-electron chi connectivity index (χ3n) is 1.46. The molecule has 0 saturated carbocycles. The Bertz CT molecular complexity index is 443. The lowest BCUT2D eigenvalue weighted by Crippen LogP contribution is -1.89. The van der Waals surface area contributed by atoms with Gasteiger partial charge in [-0.3, -0.25) is 0 Å². The molecule has 1 aromatic heterocycles. The molecule has 2 aromatic rings. The summed E-state index contributed by atoms with van der Waals surface area (Å²) < 4.78 is 5.66. The second-order valence-electron chi connectivity index (χ2n) is 2.18. The van der Waals surface area contributed by atoms with Crippen molar-refractivity contribution in [1.82, 2.24) is 5.16 Å². The van der Waals surface area contributed by atoms with Gasteiger partial charge in [-0.1, -0.05) is 0 Å². The summed E-state index contributed by atoms with van der Waals surface area (Å²) in [5.41, 5.74) is 0.443. The molecule has 3 nitrogen and oxygen atoms in total. The number of aromatic nitrogens is 1. The highest BCUT2D eigenvalue weighted by molar-refractivity contribution is 14.1. The van der Waals surface area contributed by atoms with E-state index in [0.29, 0.717) is 5.39 Å². The molecule has 0 aliphatic carbocycles. The molecule has 11 heavy (non-hydrogen) atoms. The number of fused-ring (bicyclic) bond motifs is 1. The van der Waals surface area contributed by atoms with Gasteiger partial charge in [0.15, 0.2) is 0 Å². The van der Waals surface area contributed by atoms with Gasteiger partial charge in [0.25, 0.3) is 0 Å². The van der Waals surface area contributed by atoms with Gasteiger partial charge in [-0.25, -0.2) is 9.95 Å². The predicted molar refractivity (Wildman–Crippen MR) is 49.6 cm³/mol. The minimum absolute atomic E-state index is 0.309. The summed E-state index contributed by atoms with van der Waals surface area (Å²) in [6, 6.07) is 5.48. The van der Waals surface area contributed by atoms with Crippen molar-refractivity contribution in [1.29, 1.82) is 0 Å². The Labute approximate surface area is 75.5 Å². The van der Waals surface area contributed by atoms with Crippen LogP contribution in [0.3, 0.4) is 0 Å². The molecular weight excluding hydrogens is 257 g/mol. The van der Waals surface area contributed by atoms with Crippen LogP contribution >= 0.6 is 22.6 Å². The van der Waals surface area contributed by atoms with Gasteiger partial charge in [0.1, 0.15) is 0 Å². The summed E-state index contributed by atoms with van der Waals surface area (Å²) in [5.74, 6) is 0. The molecule has 0 spiro atoms. The fourth-order valence-electron chi connectivity index (χ4n) is 0.935. The summed E-state index contributed by atoms with van der Waals surface area (Å²) in [4.78, 5) is 10.9. The van der Waals surface area contributed by atoms with Crippen molar-refractivity contribution in [3.63, 3.8) is 0 Å². The number of rotatable bonds is 0. The van der Waals surface area contributed by atoms with Gasteiger partial charge in [0.05, 0.1) is 10.9 Å². The quantitative estimate of drug-likeness (QED) is 0.734. The van der Waals surface area contributed by atoms with Crippen molar-refractivity contribution in [3.05, 3.63) is 32.2 Å². The minimum atomic E-state index is -0.309. The van der Waals surface area contributed by atoms with Crippen LogP contribution in [0.25, 0.3) is 10.9 Å². The summed E-state index contributed by atoms with van der Waals surface area (Å²) in [7, 11) is 0. The molecule has 1 heterocycles. The topological polar surface area (TPSA) is 46.0 Å².